The molecule has 84 valence electrons. The highest BCUT2D eigenvalue weighted by Crippen LogP contribution is 2.24. The van der Waals surface area contributed by atoms with E-state index in [1.54, 1.807) is 19.9 Å². The number of carbonyl (C=O) groups excluding carboxylic acids is 1. The second kappa shape index (κ2) is 3.46. The number of hydrogen-bond donors (Lipinski definition) is 1. The third-order valence-corrected chi connectivity index (χ3v) is 2.55. The van der Waals surface area contributed by atoms with Crippen LogP contribution in [0.5, 0.6) is 0 Å². The van der Waals surface area contributed by atoms with Gasteiger partial charge in [-0.25, -0.2) is 0 Å². The molecule has 1 heterocycles. The van der Waals surface area contributed by atoms with E-state index in [0.29, 0.717) is 5.76 Å². The Labute approximate surface area is 94.2 Å². The van der Waals surface area contributed by atoms with Gasteiger partial charge < -0.3 is 10.2 Å². The van der Waals surface area contributed by atoms with Crippen LogP contribution in [0.2, 0.25) is 0 Å². The van der Waals surface area contributed by atoms with Crippen molar-refractivity contribution in [2.75, 3.05) is 0 Å². The minimum atomic E-state index is -0.901. The van der Waals surface area contributed by atoms with Gasteiger partial charge in [-0.15, -0.1) is 0 Å². The van der Waals surface area contributed by atoms with E-state index >= 15 is 0 Å². The summed E-state index contributed by atoms with van der Waals surface area (Å²) in [4.78, 5) is 11.9. The van der Waals surface area contributed by atoms with Gasteiger partial charge in [0.2, 0.25) is 5.78 Å². The third-order valence-electron chi connectivity index (χ3n) is 2.55. The fraction of sp³-hybridized carbons (Fsp3) is 0.308. The Bertz CT molecular complexity index is 547. The van der Waals surface area contributed by atoms with Gasteiger partial charge in [-0.05, 0) is 32.4 Å². The van der Waals surface area contributed by atoms with E-state index in [-0.39, 0.29) is 5.78 Å². The Kier molecular flexibility index (Phi) is 2.35. The normalized spacial score (nSPS) is 12.0. The highest BCUT2D eigenvalue weighted by Gasteiger charge is 2.26. The zero-order chi connectivity index (χ0) is 11.9. The van der Waals surface area contributed by atoms with Gasteiger partial charge in [-0.3, -0.25) is 4.79 Å². The fourth-order valence-corrected chi connectivity index (χ4v) is 1.64. The summed E-state index contributed by atoms with van der Waals surface area (Å²) in [6, 6.07) is 7.56. The molecule has 3 nitrogen and oxygen atoms in total. The van der Waals surface area contributed by atoms with E-state index in [1.165, 1.54) is 0 Å². The van der Waals surface area contributed by atoms with Gasteiger partial charge in [-0.2, -0.15) is 0 Å². The Morgan fingerprint density at radius 3 is 2.62 bits per heavy atom. The molecule has 0 amide bonds. The summed E-state index contributed by atoms with van der Waals surface area (Å²) in [7, 11) is 0. The lowest BCUT2D eigenvalue weighted by Gasteiger charge is -2.14. The molecule has 0 radical (unpaired) electrons. The number of benzene rings is 1. The predicted molar refractivity (Wildman–Crippen MR) is 63.5 cm³/mol. The Morgan fingerprint density at radius 1 is 1.38 bits per heavy atom. The van der Waals surface area contributed by atoms with Crippen LogP contribution in [0.1, 0.15) is 30.0 Å². The molecule has 0 unspecified atom stereocenters. The molecule has 0 bridgehead atoms. The highest BCUT2D eigenvalue weighted by atomic mass is 16.3. The molecule has 1 aromatic heterocycles. The number of carbonyl (C=O) groups is 1. The van der Waals surface area contributed by atoms with Crippen molar-refractivity contribution in [1.29, 1.82) is 0 Å². The molecule has 2 N–H and O–H groups in total. The highest BCUT2D eigenvalue weighted by molar-refractivity contribution is 6.03. The van der Waals surface area contributed by atoms with Crippen LogP contribution >= 0.6 is 0 Å². The molecule has 0 aliphatic carbocycles. The molecule has 1 aromatic carbocycles. The average molecular weight is 217 g/mol. The zero-order valence-electron chi connectivity index (χ0n) is 9.70. The second-order valence-corrected chi connectivity index (χ2v) is 4.65. The largest absolute Gasteiger partial charge is 0.453 e. The minimum absolute atomic E-state index is 0.178. The lowest BCUT2D eigenvalue weighted by atomic mass is 9.99. The van der Waals surface area contributed by atoms with Crippen molar-refractivity contribution >= 4 is 16.8 Å². The first-order chi connectivity index (χ1) is 7.39. The number of hydrogen-bond acceptors (Lipinski definition) is 3. The van der Waals surface area contributed by atoms with Gasteiger partial charge in [0, 0.05) is 5.39 Å². The quantitative estimate of drug-likeness (QED) is 0.787. The maximum atomic E-state index is 11.9. The molecule has 0 saturated carbocycles. The van der Waals surface area contributed by atoms with Gasteiger partial charge in [0.25, 0.3) is 0 Å². The molecule has 2 aromatic rings. The van der Waals surface area contributed by atoms with Crippen LogP contribution in [0.15, 0.2) is 28.7 Å². The van der Waals surface area contributed by atoms with Crippen molar-refractivity contribution in [3.8, 4) is 0 Å². The van der Waals surface area contributed by atoms with Gasteiger partial charge in [0.1, 0.15) is 5.58 Å². The van der Waals surface area contributed by atoms with Crippen molar-refractivity contribution in [2.24, 2.45) is 5.73 Å². The van der Waals surface area contributed by atoms with E-state index in [4.69, 9.17) is 10.2 Å². The summed E-state index contributed by atoms with van der Waals surface area (Å²) >= 11 is 0. The van der Waals surface area contributed by atoms with Gasteiger partial charge in [-0.1, -0.05) is 18.2 Å². The molecule has 16 heavy (non-hydrogen) atoms. The lowest BCUT2D eigenvalue weighted by molar-refractivity contribution is 0.0887. The number of ketones is 1. The van der Waals surface area contributed by atoms with E-state index < -0.39 is 5.54 Å². The van der Waals surface area contributed by atoms with E-state index in [9.17, 15) is 4.79 Å². The van der Waals surface area contributed by atoms with Crippen molar-refractivity contribution in [2.45, 2.75) is 26.3 Å². The predicted octanol–water partition coefficient (Wildman–Crippen LogP) is 2.66. The molecule has 0 saturated heterocycles. The number of para-hydroxylation sites is 1. The number of nitrogens with two attached hydrogens (primary N) is 1. The van der Waals surface area contributed by atoms with Crippen molar-refractivity contribution in [3.05, 3.63) is 35.6 Å². The van der Waals surface area contributed by atoms with Crippen LogP contribution in [-0.2, 0) is 0 Å². The Balaban J connectivity index is 2.56. The first-order valence-electron chi connectivity index (χ1n) is 5.22. The Morgan fingerprint density at radius 2 is 2.06 bits per heavy atom. The first-order valence-corrected chi connectivity index (χ1v) is 5.22. The number of Topliss-reactive ketones (excluding diaryl/α,β-unsaturated/α-hetero) is 1. The summed E-state index contributed by atoms with van der Waals surface area (Å²) in [5, 5.41) is 0.938. The molecule has 0 aliphatic rings. The number of aryl methyl sites for hydroxylation is 1. The van der Waals surface area contributed by atoms with Crippen molar-refractivity contribution in [3.63, 3.8) is 0 Å². The number of furan rings is 1. The maximum Gasteiger partial charge on any atom is 0.217 e. The topological polar surface area (TPSA) is 56.2 Å². The van der Waals surface area contributed by atoms with E-state index in [1.807, 2.05) is 25.1 Å². The Hall–Kier alpha value is -1.61. The second-order valence-electron chi connectivity index (χ2n) is 4.65. The summed E-state index contributed by atoms with van der Waals surface area (Å²) in [6.45, 7) is 5.30. The third kappa shape index (κ3) is 1.74. The lowest BCUT2D eigenvalue weighted by Crippen LogP contribution is -2.41. The van der Waals surface area contributed by atoms with Crippen molar-refractivity contribution in [1.82, 2.24) is 0 Å². The monoisotopic (exact) mass is 217 g/mol. The number of rotatable bonds is 2. The van der Waals surface area contributed by atoms with Crippen LogP contribution in [0.3, 0.4) is 0 Å². The summed E-state index contributed by atoms with van der Waals surface area (Å²) < 4.78 is 5.56. The average Bonchev–Trinajstić information content (AvgIpc) is 2.60. The molecule has 3 heteroatoms. The van der Waals surface area contributed by atoms with E-state index in [2.05, 4.69) is 0 Å². The van der Waals surface area contributed by atoms with Gasteiger partial charge in [0.15, 0.2) is 5.76 Å². The fourth-order valence-electron chi connectivity index (χ4n) is 1.64. The minimum Gasteiger partial charge on any atom is -0.453 e. The zero-order valence-corrected chi connectivity index (χ0v) is 9.70. The van der Waals surface area contributed by atoms with Crippen LogP contribution in [0.25, 0.3) is 11.0 Å². The molecule has 2 rings (SSSR count). The molecule has 0 atom stereocenters. The SMILES string of the molecule is Cc1cccc2cc(C(=O)C(C)(C)N)oc12. The standard InChI is InChI=1S/C13H15NO2/c1-8-5-4-6-9-7-10(16-11(8)9)12(15)13(2,3)14/h4-7H,14H2,1-3H3. The molecular weight excluding hydrogens is 202 g/mol. The van der Waals surface area contributed by atoms with Crippen LogP contribution in [0.4, 0.5) is 0 Å². The maximum absolute atomic E-state index is 11.9. The summed E-state index contributed by atoms with van der Waals surface area (Å²) in [5.74, 6) is 0.153. The van der Waals surface area contributed by atoms with Crippen LogP contribution in [-0.4, -0.2) is 11.3 Å². The molecule has 0 fully saturated rings. The number of fused-ring (bicyclic) bond motifs is 1. The van der Waals surface area contributed by atoms with E-state index in [0.717, 1.165) is 16.5 Å². The van der Waals surface area contributed by atoms with Crippen LogP contribution in [0, 0.1) is 6.92 Å². The molecule has 0 spiro atoms. The summed E-state index contributed by atoms with van der Waals surface area (Å²) in [5.41, 5.74) is 6.64. The summed E-state index contributed by atoms with van der Waals surface area (Å²) in [6.07, 6.45) is 0. The van der Waals surface area contributed by atoms with Crippen molar-refractivity contribution < 1.29 is 9.21 Å². The van der Waals surface area contributed by atoms with Gasteiger partial charge in [0.05, 0.1) is 5.54 Å². The van der Waals surface area contributed by atoms with Crippen LogP contribution < -0.4 is 5.73 Å². The smallest absolute Gasteiger partial charge is 0.217 e. The first kappa shape index (κ1) is 10.9. The van der Waals surface area contributed by atoms with Gasteiger partial charge >= 0.3 is 0 Å². The molecule has 0 aliphatic heterocycles. The molecular formula is C13H15NO2.